The summed E-state index contributed by atoms with van der Waals surface area (Å²) >= 11 is 1.56. The highest BCUT2D eigenvalue weighted by atomic mass is 32.1. The van der Waals surface area contributed by atoms with Gasteiger partial charge in [-0.05, 0) is 73.4 Å². The molecule has 2 aromatic carbocycles. The number of carbonyl (C=O) groups is 2. The van der Waals surface area contributed by atoms with Gasteiger partial charge in [-0.25, -0.2) is 9.97 Å². The van der Waals surface area contributed by atoms with Crippen molar-refractivity contribution in [2.75, 3.05) is 28.6 Å². The Hall–Kier alpha value is -3.78. The molecule has 3 heterocycles. The fourth-order valence-corrected chi connectivity index (χ4v) is 5.22. The number of benzene rings is 2. The molecule has 5 rings (SSSR count). The van der Waals surface area contributed by atoms with Crippen molar-refractivity contribution in [3.8, 4) is 0 Å². The number of pyridine rings is 1. The first-order chi connectivity index (χ1) is 17.1. The fourth-order valence-electron chi connectivity index (χ4n) is 4.28. The van der Waals surface area contributed by atoms with Crippen LogP contribution in [0.3, 0.4) is 0 Å². The summed E-state index contributed by atoms with van der Waals surface area (Å²) in [6.45, 7) is 3.59. The molecule has 2 aromatic heterocycles. The summed E-state index contributed by atoms with van der Waals surface area (Å²) in [5.74, 6) is -0.315. The van der Waals surface area contributed by atoms with Crippen LogP contribution in [0.4, 0.5) is 16.5 Å². The maximum Gasteiger partial charge on any atom is 0.255 e. The van der Waals surface area contributed by atoms with E-state index in [1.165, 1.54) is 5.56 Å². The van der Waals surface area contributed by atoms with Gasteiger partial charge < -0.3 is 15.5 Å². The zero-order chi connectivity index (χ0) is 24.2. The number of anilines is 3. The van der Waals surface area contributed by atoms with E-state index in [1.807, 2.05) is 36.4 Å². The first-order valence-electron chi connectivity index (χ1n) is 11.9. The van der Waals surface area contributed by atoms with Gasteiger partial charge >= 0.3 is 0 Å². The normalized spacial score (nSPS) is 15.7. The smallest absolute Gasteiger partial charge is 0.255 e. The number of rotatable bonds is 6. The van der Waals surface area contributed by atoms with Crippen LogP contribution in [0, 0.1) is 5.92 Å². The Balaban J connectivity index is 1.19. The lowest BCUT2D eigenvalue weighted by atomic mass is 9.97. The van der Waals surface area contributed by atoms with Gasteiger partial charge in [-0.15, -0.1) is 0 Å². The zero-order valence-corrected chi connectivity index (χ0v) is 20.3. The van der Waals surface area contributed by atoms with Crippen molar-refractivity contribution in [2.45, 2.75) is 26.2 Å². The van der Waals surface area contributed by atoms with Gasteiger partial charge in [-0.2, -0.15) is 0 Å². The molecule has 4 aromatic rings. The molecule has 0 radical (unpaired) electrons. The van der Waals surface area contributed by atoms with E-state index < -0.39 is 0 Å². The van der Waals surface area contributed by atoms with Crippen molar-refractivity contribution in [3.05, 3.63) is 78.0 Å². The van der Waals surface area contributed by atoms with Gasteiger partial charge in [0.15, 0.2) is 5.13 Å². The van der Waals surface area contributed by atoms with Crippen LogP contribution in [-0.4, -0.2) is 34.9 Å². The van der Waals surface area contributed by atoms with E-state index in [1.54, 1.807) is 41.8 Å². The Morgan fingerprint density at radius 2 is 1.91 bits per heavy atom. The van der Waals surface area contributed by atoms with E-state index in [0.717, 1.165) is 47.0 Å². The lowest BCUT2D eigenvalue weighted by molar-refractivity contribution is -0.120. The lowest BCUT2D eigenvalue weighted by Gasteiger charge is -2.31. The predicted octanol–water partition coefficient (Wildman–Crippen LogP) is 5.36. The maximum absolute atomic E-state index is 13.0. The lowest BCUT2D eigenvalue weighted by Crippen LogP contribution is -2.40. The minimum Gasteiger partial charge on any atom is -0.347 e. The van der Waals surface area contributed by atoms with Crippen LogP contribution in [0.2, 0.25) is 0 Å². The molecule has 1 aliphatic rings. The van der Waals surface area contributed by atoms with Crippen LogP contribution in [-0.2, 0) is 11.2 Å². The van der Waals surface area contributed by atoms with Gasteiger partial charge in [0.05, 0.1) is 5.92 Å². The van der Waals surface area contributed by atoms with E-state index in [9.17, 15) is 9.59 Å². The predicted molar refractivity (Wildman–Crippen MR) is 141 cm³/mol. The number of nitrogens with one attached hydrogen (secondary N) is 2. The molecule has 0 spiro atoms. The monoisotopic (exact) mass is 485 g/mol. The van der Waals surface area contributed by atoms with Crippen molar-refractivity contribution in [1.29, 1.82) is 0 Å². The summed E-state index contributed by atoms with van der Waals surface area (Å²) in [7, 11) is 0. The molecule has 7 nitrogen and oxygen atoms in total. The second kappa shape index (κ2) is 10.2. The molecule has 1 atom stereocenters. The number of aryl methyl sites for hydroxylation is 1. The number of fused-ring (bicyclic) bond motifs is 1. The van der Waals surface area contributed by atoms with E-state index in [4.69, 9.17) is 4.98 Å². The third-order valence-electron chi connectivity index (χ3n) is 6.23. The van der Waals surface area contributed by atoms with E-state index in [-0.39, 0.29) is 17.7 Å². The van der Waals surface area contributed by atoms with E-state index in [2.05, 4.69) is 27.4 Å². The number of hydrogen-bond acceptors (Lipinski definition) is 6. The zero-order valence-electron chi connectivity index (χ0n) is 19.5. The standard InChI is InChI=1S/C27H27N5O2S/c1-2-18-6-3-8-22(16-18)30-24(33)19-10-12-21(13-11-19)29-25(34)20-7-5-15-32(17-20)27-31-23-9-4-14-28-26(23)35-27/h3-4,6,8-14,16,20H,2,5,7,15,17H2,1H3,(H,29,34)(H,30,33)/t20-/m0/s1. The van der Waals surface area contributed by atoms with Crippen molar-refractivity contribution >= 4 is 50.0 Å². The number of piperidine rings is 1. The van der Waals surface area contributed by atoms with Crippen molar-refractivity contribution < 1.29 is 9.59 Å². The Bertz CT molecular complexity index is 1320. The highest BCUT2D eigenvalue weighted by Gasteiger charge is 2.27. The van der Waals surface area contributed by atoms with Gasteiger partial charge in [0.1, 0.15) is 10.3 Å². The highest BCUT2D eigenvalue weighted by Crippen LogP contribution is 2.30. The number of thiazole rings is 1. The summed E-state index contributed by atoms with van der Waals surface area (Å²) in [4.78, 5) is 37.8. The van der Waals surface area contributed by atoms with Gasteiger partial charge in [0, 0.05) is 36.2 Å². The fraction of sp³-hybridized carbons (Fsp3) is 0.259. The molecule has 0 saturated carbocycles. The quantitative estimate of drug-likeness (QED) is 0.384. The third-order valence-corrected chi connectivity index (χ3v) is 7.27. The molecule has 0 bridgehead atoms. The van der Waals surface area contributed by atoms with Crippen LogP contribution in [0.1, 0.15) is 35.7 Å². The summed E-state index contributed by atoms with van der Waals surface area (Å²) in [5.41, 5.74) is 4.06. The molecule has 0 aliphatic carbocycles. The molecule has 178 valence electrons. The second-order valence-corrected chi connectivity index (χ2v) is 9.64. The first-order valence-corrected chi connectivity index (χ1v) is 12.7. The number of amides is 2. The topological polar surface area (TPSA) is 87.2 Å². The van der Waals surface area contributed by atoms with Crippen LogP contribution < -0.4 is 15.5 Å². The molecule has 1 aliphatic heterocycles. The summed E-state index contributed by atoms with van der Waals surface area (Å²) in [5, 5.41) is 6.86. The summed E-state index contributed by atoms with van der Waals surface area (Å²) in [6, 6.07) is 18.7. The number of nitrogens with zero attached hydrogens (tertiary/aromatic N) is 3. The van der Waals surface area contributed by atoms with Crippen molar-refractivity contribution in [2.24, 2.45) is 5.92 Å². The number of carbonyl (C=O) groups excluding carboxylic acids is 2. The molecule has 0 unspecified atom stereocenters. The second-order valence-electron chi connectivity index (χ2n) is 8.68. The first kappa shape index (κ1) is 23.0. The minimum atomic E-state index is -0.177. The molecule has 8 heteroatoms. The largest absolute Gasteiger partial charge is 0.347 e. The minimum absolute atomic E-state index is 0.0116. The third kappa shape index (κ3) is 5.33. The van der Waals surface area contributed by atoms with Gasteiger partial charge in [-0.3, -0.25) is 9.59 Å². The molecule has 1 fully saturated rings. The average Bonchev–Trinajstić information content (AvgIpc) is 3.34. The number of aromatic nitrogens is 2. The molecule has 2 N–H and O–H groups in total. The SMILES string of the molecule is CCc1cccc(NC(=O)c2ccc(NC(=O)[C@H]3CCCN(c4nc5cccnc5s4)C3)cc2)c1. The maximum atomic E-state index is 13.0. The van der Waals surface area contributed by atoms with Crippen LogP contribution in [0.5, 0.6) is 0 Å². The Morgan fingerprint density at radius 3 is 2.71 bits per heavy atom. The van der Waals surface area contributed by atoms with Crippen LogP contribution in [0.25, 0.3) is 10.3 Å². The molecule has 1 saturated heterocycles. The molecular weight excluding hydrogens is 458 g/mol. The van der Waals surface area contributed by atoms with Gasteiger partial charge in [0.2, 0.25) is 5.91 Å². The van der Waals surface area contributed by atoms with Crippen molar-refractivity contribution in [3.63, 3.8) is 0 Å². The van der Waals surface area contributed by atoms with E-state index in [0.29, 0.717) is 17.8 Å². The van der Waals surface area contributed by atoms with E-state index >= 15 is 0 Å². The summed E-state index contributed by atoms with van der Waals surface area (Å²) in [6.07, 6.45) is 4.45. The van der Waals surface area contributed by atoms with Crippen LogP contribution >= 0.6 is 11.3 Å². The Labute approximate surface area is 208 Å². The molecule has 2 amide bonds. The van der Waals surface area contributed by atoms with Gasteiger partial charge in [-0.1, -0.05) is 30.4 Å². The molecular formula is C27H27N5O2S. The van der Waals surface area contributed by atoms with Crippen molar-refractivity contribution in [1.82, 2.24) is 9.97 Å². The summed E-state index contributed by atoms with van der Waals surface area (Å²) < 4.78 is 0. The average molecular weight is 486 g/mol. The Kier molecular flexibility index (Phi) is 6.72. The highest BCUT2D eigenvalue weighted by molar-refractivity contribution is 7.21. The Morgan fingerprint density at radius 1 is 1.06 bits per heavy atom. The molecule has 35 heavy (non-hydrogen) atoms. The van der Waals surface area contributed by atoms with Crippen LogP contribution in [0.15, 0.2) is 66.9 Å². The van der Waals surface area contributed by atoms with Gasteiger partial charge in [0.25, 0.3) is 5.91 Å². The number of hydrogen-bond donors (Lipinski definition) is 2.